The number of benzene rings is 2. The number of aromatic amines is 1. The summed E-state index contributed by atoms with van der Waals surface area (Å²) >= 11 is 0. The summed E-state index contributed by atoms with van der Waals surface area (Å²) in [6, 6.07) is 12.4. The van der Waals surface area contributed by atoms with Crippen molar-refractivity contribution in [1.29, 1.82) is 0 Å². The predicted octanol–water partition coefficient (Wildman–Crippen LogP) is 5.23. The molecule has 1 spiro atoms. The van der Waals surface area contributed by atoms with Gasteiger partial charge in [0.15, 0.2) is 0 Å². The Balaban J connectivity index is 1.34. The average molecular weight is 781 g/mol. The monoisotopic (exact) mass is 780 g/mol. The van der Waals surface area contributed by atoms with Gasteiger partial charge >= 0.3 is 11.9 Å². The van der Waals surface area contributed by atoms with Crippen LogP contribution in [0.15, 0.2) is 48.6 Å². The van der Waals surface area contributed by atoms with Gasteiger partial charge in [-0.3, -0.25) is 19.4 Å². The minimum Gasteiger partial charge on any atom is -0.496 e. The quantitative estimate of drug-likeness (QED) is 0.226. The van der Waals surface area contributed by atoms with E-state index in [2.05, 4.69) is 83.1 Å². The molecule has 3 fully saturated rings. The fourth-order valence-corrected chi connectivity index (χ4v) is 13.4. The van der Waals surface area contributed by atoms with Gasteiger partial charge in [-0.2, -0.15) is 0 Å². The first-order chi connectivity index (χ1) is 27.2. The van der Waals surface area contributed by atoms with Gasteiger partial charge in [-0.25, -0.2) is 0 Å². The van der Waals surface area contributed by atoms with Gasteiger partial charge in [-0.1, -0.05) is 44.2 Å². The number of piperidine rings is 1. The number of aromatic nitrogens is 1. The Labute approximate surface area is 336 Å². The number of hydrogen-bond acceptors (Lipinski definition) is 10. The number of carbonyl (C=O) groups excluding carboxylic acids is 2. The van der Waals surface area contributed by atoms with E-state index < -0.39 is 39.5 Å². The number of methoxy groups -OCH3 is 2. The molecule has 11 heteroatoms. The Kier molecular flexibility index (Phi) is 9.02. The van der Waals surface area contributed by atoms with Crippen LogP contribution in [0.5, 0.6) is 5.75 Å². The molecule has 57 heavy (non-hydrogen) atoms. The van der Waals surface area contributed by atoms with Crippen molar-refractivity contribution in [3.63, 3.8) is 0 Å². The van der Waals surface area contributed by atoms with Gasteiger partial charge < -0.3 is 34.3 Å². The molecule has 1 aliphatic carbocycles. The normalized spacial score (nSPS) is 38.2. The van der Waals surface area contributed by atoms with Crippen LogP contribution >= 0.6 is 0 Å². The van der Waals surface area contributed by atoms with E-state index in [1.807, 2.05) is 13.0 Å². The summed E-state index contributed by atoms with van der Waals surface area (Å²) in [4.78, 5) is 39.2. The molecule has 6 aliphatic rings. The Morgan fingerprint density at radius 2 is 1.81 bits per heavy atom. The minimum atomic E-state index is -1.34. The molecule has 1 saturated carbocycles. The van der Waals surface area contributed by atoms with Gasteiger partial charge in [0.25, 0.3) is 0 Å². The highest BCUT2D eigenvalue weighted by atomic mass is 16.6. The smallest absolute Gasteiger partial charge is 0.322 e. The second-order valence-corrected chi connectivity index (χ2v) is 18.6. The van der Waals surface area contributed by atoms with Crippen molar-refractivity contribution in [2.75, 3.05) is 58.9 Å². The van der Waals surface area contributed by atoms with E-state index in [1.54, 1.807) is 7.11 Å². The summed E-state index contributed by atoms with van der Waals surface area (Å²) in [5.74, 6) is -0.180. The highest BCUT2D eigenvalue weighted by molar-refractivity contribution is 5.94. The predicted molar refractivity (Wildman–Crippen MR) is 219 cm³/mol. The first-order valence-electron chi connectivity index (χ1n) is 21.1. The lowest BCUT2D eigenvalue weighted by Crippen LogP contribution is -2.63. The fraction of sp³-hybridized carbons (Fsp3) is 0.609. The standard InChI is InChI=1S/C46H60N4O7/c1-8-43(54)23-29-24-46(41(52)56-7,38-31(15-19-49(26-29)27-43)30-13-10-11-14-34(30)47-38)33-21-32-35(22-36(33)55-6)48(5)37-25-42(4,53)40(57-28(3)51)44(9-2)16-12-18-50-20-17-45(32,37)39(44)50/h10-14,16,21-22,29,37,39-40,47,53-54H,8-9,15,17-20,23-27H2,1-7H3/t29?,37?,39-,40-,42-,43?,44+,45-,46-/m0/s1. The summed E-state index contributed by atoms with van der Waals surface area (Å²) in [6.07, 6.45) is 7.87. The second kappa shape index (κ2) is 13.3. The van der Waals surface area contributed by atoms with E-state index in [0.717, 1.165) is 71.6 Å². The number of rotatable bonds is 6. The van der Waals surface area contributed by atoms with Crippen LogP contribution in [0.4, 0.5) is 5.69 Å². The molecule has 2 saturated heterocycles. The van der Waals surface area contributed by atoms with Gasteiger partial charge in [0, 0.05) is 103 Å². The molecule has 3 aromatic rings. The molecule has 2 bridgehead atoms. The number of nitrogens with zero attached hydrogens (tertiary/aromatic N) is 3. The first-order valence-corrected chi connectivity index (χ1v) is 21.1. The van der Waals surface area contributed by atoms with Crippen molar-refractivity contribution < 1.29 is 34.0 Å². The van der Waals surface area contributed by atoms with Crippen molar-refractivity contribution in [2.45, 2.75) is 113 Å². The molecular formula is C46H60N4O7. The topological polar surface area (TPSA) is 128 Å². The molecule has 2 aromatic carbocycles. The third-order valence-electron chi connectivity index (χ3n) is 15.6. The first kappa shape index (κ1) is 38.6. The van der Waals surface area contributed by atoms with Crippen LogP contribution < -0.4 is 9.64 Å². The molecule has 4 unspecified atom stereocenters. The van der Waals surface area contributed by atoms with Crippen LogP contribution in [-0.4, -0.2) is 120 Å². The number of nitrogens with one attached hydrogen (secondary N) is 1. The van der Waals surface area contributed by atoms with Crippen molar-refractivity contribution in [1.82, 2.24) is 14.8 Å². The number of hydrogen-bond donors (Lipinski definition) is 3. The average Bonchev–Trinajstić information content (AvgIpc) is 3.83. The largest absolute Gasteiger partial charge is 0.496 e. The van der Waals surface area contributed by atoms with Gasteiger partial charge in [-0.05, 0) is 81.2 Å². The third kappa shape index (κ3) is 5.30. The number of fused-ring (bicyclic) bond motifs is 6. The van der Waals surface area contributed by atoms with Gasteiger partial charge in [0.1, 0.15) is 22.9 Å². The molecule has 10 atom stereocenters. The number of aliphatic hydroxyl groups is 2. The van der Waals surface area contributed by atoms with Crippen molar-refractivity contribution in [3.8, 4) is 5.75 Å². The highest BCUT2D eigenvalue weighted by Gasteiger charge is 2.72. The molecule has 0 radical (unpaired) electrons. The van der Waals surface area contributed by atoms with Crippen molar-refractivity contribution in [3.05, 3.63) is 70.9 Å². The summed E-state index contributed by atoms with van der Waals surface area (Å²) < 4.78 is 18.6. The summed E-state index contributed by atoms with van der Waals surface area (Å²) in [5, 5.41) is 25.7. The molecule has 0 amide bonds. The molecule has 6 heterocycles. The highest BCUT2D eigenvalue weighted by Crippen LogP contribution is 2.66. The second-order valence-electron chi connectivity index (χ2n) is 18.6. The lowest BCUT2D eigenvalue weighted by molar-refractivity contribution is -0.181. The van der Waals surface area contributed by atoms with Crippen LogP contribution in [-0.2, 0) is 36.3 Å². The van der Waals surface area contributed by atoms with E-state index in [-0.39, 0.29) is 24.0 Å². The maximum atomic E-state index is 15.3. The van der Waals surface area contributed by atoms with Crippen molar-refractivity contribution >= 4 is 28.5 Å². The number of likely N-dealkylation sites (N-methyl/N-ethyl adjacent to an activating group) is 1. The number of ether oxygens (including phenoxy) is 3. The zero-order valence-corrected chi connectivity index (χ0v) is 34.7. The molecular weight excluding hydrogens is 721 g/mol. The zero-order chi connectivity index (χ0) is 40.3. The number of para-hydroxylation sites is 1. The Bertz CT molecular complexity index is 2150. The molecule has 306 valence electrons. The van der Waals surface area contributed by atoms with E-state index in [1.165, 1.54) is 14.0 Å². The molecule has 1 aromatic heterocycles. The molecule has 5 aliphatic heterocycles. The molecule has 3 N–H and O–H groups in total. The van der Waals surface area contributed by atoms with Gasteiger partial charge in [0.05, 0.1) is 19.8 Å². The lowest BCUT2D eigenvalue weighted by atomic mass is 9.58. The zero-order valence-electron chi connectivity index (χ0n) is 34.7. The number of anilines is 1. The SMILES string of the molecule is CCC1(O)CC2CN(CCc3c([nH]c4ccccc34)[C@@](C(=O)OC)(c3cc4c(cc3OC)N(C)C3C[C@](C)(O)[C@H](OC(C)=O)[C@]5(CC)C=CCN6CC[C@]43[C@@H]65)C2)C1. The van der Waals surface area contributed by atoms with Crippen LogP contribution in [0.2, 0.25) is 0 Å². The maximum absolute atomic E-state index is 15.3. The summed E-state index contributed by atoms with van der Waals surface area (Å²) in [5.41, 5.74) is 1.09. The van der Waals surface area contributed by atoms with Crippen molar-refractivity contribution in [2.24, 2.45) is 11.3 Å². The number of esters is 2. The minimum absolute atomic E-state index is 0.0256. The lowest BCUT2D eigenvalue weighted by Gasteiger charge is -2.53. The van der Waals surface area contributed by atoms with Gasteiger partial charge in [0.2, 0.25) is 0 Å². The van der Waals surface area contributed by atoms with Crippen LogP contribution in [0.25, 0.3) is 10.9 Å². The molecule has 9 rings (SSSR count). The number of H-pyrrole nitrogens is 1. The van der Waals surface area contributed by atoms with Crippen LogP contribution in [0.1, 0.15) is 88.6 Å². The van der Waals surface area contributed by atoms with E-state index >= 15 is 4.79 Å². The van der Waals surface area contributed by atoms with E-state index in [9.17, 15) is 15.0 Å². The summed E-state index contributed by atoms with van der Waals surface area (Å²) in [6.45, 7) is 11.2. The van der Waals surface area contributed by atoms with Crippen LogP contribution in [0, 0.1) is 11.3 Å². The van der Waals surface area contributed by atoms with E-state index in [4.69, 9.17) is 14.2 Å². The van der Waals surface area contributed by atoms with E-state index in [0.29, 0.717) is 50.8 Å². The van der Waals surface area contributed by atoms with Gasteiger partial charge in [-0.15, -0.1) is 0 Å². The Morgan fingerprint density at radius 3 is 2.53 bits per heavy atom. The maximum Gasteiger partial charge on any atom is 0.322 e. The summed E-state index contributed by atoms with van der Waals surface area (Å²) in [7, 11) is 5.28. The Morgan fingerprint density at radius 1 is 1.02 bits per heavy atom. The van der Waals surface area contributed by atoms with Crippen LogP contribution in [0.3, 0.4) is 0 Å². The Hall–Kier alpha value is -3.90. The molecule has 11 nitrogen and oxygen atoms in total. The fourth-order valence-electron chi connectivity index (χ4n) is 13.4. The third-order valence-corrected chi connectivity index (χ3v) is 15.6. The number of carbonyl (C=O) groups is 2.